The Morgan fingerprint density at radius 3 is 2.62 bits per heavy atom. The van der Waals surface area contributed by atoms with Gasteiger partial charge in [-0.1, -0.05) is 56.4 Å². The minimum atomic E-state index is -1.53. The van der Waals surface area contributed by atoms with Gasteiger partial charge < -0.3 is 20.0 Å². The zero-order valence-corrected chi connectivity index (χ0v) is 23.8. The second kappa shape index (κ2) is 17.1. The Morgan fingerprint density at radius 1 is 1.21 bits per heavy atom. The van der Waals surface area contributed by atoms with Gasteiger partial charge in [-0.2, -0.15) is 5.10 Å². The molecule has 9 nitrogen and oxygen atoms in total. The number of nitrogens with zero attached hydrogens (tertiary/aromatic N) is 3. The van der Waals surface area contributed by atoms with Crippen LogP contribution in [0.25, 0.3) is 0 Å². The fourth-order valence-electron chi connectivity index (χ4n) is 3.37. The molecule has 0 fully saturated rings. The van der Waals surface area contributed by atoms with Crippen LogP contribution in [-0.4, -0.2) is 56.2 Å². The van der Waals surface area contributed by atoms with Crippen molar-refractivity contribution in [1.29, 1.82) is 5.41 Å². The van der Waals surface area contributed by atoms with E-state index in [0.717, 1.165) is 11.1 Å². The molecule has 3 atom stereocenters. The first kappa shape index (κ1) is 31.7. The summed E-state index contributed by atoms with van der Waals surface area (Å²) < 4.78 is 29.6. The van der Waals surface area contributed by atoms with Gasteiger partial charge >= 0.3 is 0 Å². The molecule has 0 spiro atoms. The van der Waals surface area contributed by atoms with Crippen LogP contribution in [0, 0.1) is 29.6 Å². The van der Waals surface area contributed by atoms with Crippen molar-refractivity contribution in [3.8, 4) is 11.8 Å². The van der Waals surface area contributed by atoms with Crippen LogP contribution in [0.4, 0.5) is 0 Å². The summed E-state index contributed by atoms with van der Waals surface area (Å²) in [6.07, 6.45) is 13.0. The second-order valence-electron chi connectivity index (χ2n) is 9.64. The monoisotopic (exact) mass is 554 g/mol. The van der Waals surface area contributed by atoms with E-state index < -0.39 is 17.2 Å². The number of allylic oxidation sites excluding steroid dienone is 4. The van der Waals surface area contributed by atoms with Gasteiger partial charge in [-0.05, 0) is 49.5 Å². The van der Waals surface area contributed by atoms with Crippen molar-refractivity contribution >= 4 is 17.3 Å². The Morgan fingerprint density at radius 2 is 1.95 bits per heavy atom. The number of benzene rings is 1. The molecule has 0 bridgehead atoms. The number of ether oxygens (including phenoxy) is 2. The average molecular weight is 555 g/mol. The largest absolute Gasteiger partial charge is 0.496 e. The molecule has 3 unspecified atom stereocenters. The van der Waals surface area contributed by atoms with Crippen LogP contribution < -0.4 is 0 Å². The lowest BCUT2D eigenvalue weighted by atomic mass is 9.83. The fourth-order valence-corrected chi connectivity index (χ4v) is 4.09. The third kappa shape index (κ3) is 12.3. The molecule has 10 heteroatoms. The van der Waals surface area contributed by atoms with E-state index in [-0.39, 0.29) is 31.3 Å². The summed E-state index contributed by atoms with van der Waals surface area (Å²) >= 11 is -1.53. The molecule has 0 saturated heterocycles. The Hall–Kier alpha value is -3.52. The van der Waals surface area contributed by atoms with E-state index >= 15 is 0 Å². The number of aromatic nitrogens is 3. The Balaban J connectivity index is 1.77. The standard InChI is InChI=1S/C29H38N4O5S/c1-24-12-14-26(15-13-24)39(35)38-21-20-37-19-18-36-17-7-10-25(9-6-16-30)8-5-11-27(28(34)29(2,3)4)33-23-31-22-32-33/h6,8-9,12-16,18-19,22-23,27-28,30,34H,5,11,17,20-21H2,1-4H3/b9-6-,19-18+,25-8+,30-16?. The molecule has 0 amide bonds. The minimum absolute atomic E-state index is 0.147. The van der Waals surface area contributed by atoms with Crippen molar-refractivity contribution < 1.29 is 23.0 Å². The summed E-state index contributed by atoms with van der Waals surface area (Å²) in [5.74, 6) is 5.97. The van der Waals surface area contributed by atoms with Crippen LogP contribution >= 0.6 is 0 Å². The molecular formula is C29H38N4O5S. The summed E-state index contributed by atoms with van der Waals surface area (Å²) in [7, 11) is 0. The summed E-state index contributed by atoms with van der Waals surface area (Å²) in [6, 6.07) is 7.08. The Kier molecular flexibility index (Phi) is 13.9. The summed E-state index contributed by atoms with van der Waals surface area (Å²) in [6.45, 7) is 8.47. The highest BCUT2D eigenvalue weighted by atomic mass is 32.2. The van der Waals surface area contributed by atoms with Crippen molar-refractivity contribution in [2.45, 2.75) is 57.6 Å². The van der Waals surface area contributed by atoms with Gasteiger partial charge in [0.25, 0.3) is 0 Å². The van der Waals surface area contributed by atoms with Gasteiger partial charge in [0.15, 0.2) is 11.1 Å². The first-order valence-electron chi connectivity index (χ1n) is 12.6. The lowest BCUT2D eigenvalue weighted by Crippen LogP contribution is -2.35. The van der Waals surface area contributed by atoms with Crippen LogP contribution in [0.15, 0.2) is 78.1 Å². The predicted molar refractivity (Wildman–Crippen MR) is 152 cm³/mol. The molecule has 1 aromatic carbocycles. The Bertz CT molecular complexity index is 1170. The first-order chi connectivity index (χ1) is 18.7. The van der Waals surface area contributed by atoms with E-state index in [1.54, 1.807) is 35.3 Å². The second-order valence-corrected chi connectivity index (χ2v) is 10.8. The highest BCUT2D eigenvalue weighted by Crippen LogP contribution is 2.31. The Labute approximate surface area is 233 Å². The average Bonchev–Trinajstić information content (AvgIpc) is 3.44. The molecule has 2 aromatic rings. The van der Waals surface area contributed by atoms with Gasteiger partial charge in [0, 0.05) is 11.8 Å². The van der Waals surface area contributed by atoms with E-state index in [4.69, 9.17) is 19.1 Å². The lowest BCUT2D eigenvalue weighted by Gasteiger charge is -2.32. The van der Waals surface area contributed by atoms with Crippen molar-refractivity contribution in [3.05, 3.63) is 78.8 Å². The number of aryl methyl sites for hydroxylation is 1. The SMILES string of the molecule is Cc1ccc(S(=O)OCCO/C=C/OCC#CC(/C=C\C=N)=C/CCC(C(O)C(C)(C)C)n2cncn2)cc1. The topological polar surface area (TPSA) is 120 Å². The van der Waals surface area contributed by atoms with E-state index in [1.807, 2.05) is 45.9 Å². The van der Waals surface area contributed by atoms with Crippen molar-refractivity contribution in [2.24, 2.45) is 5.41 Å². The first-order valence-corrected chi connectivity index (χ1v) is 13.7. The molecule has 0 aliphatic heterocycles. The lowest BCUT2D eigenvalue weighted by molar-refractivity contribution is 0.00966. The molecule has 0 aliphatic carbocycles. The number of nitrogens with one attached hydrogen (secondary N) is 1. The van der Waals surface area contributed by atoms with Crippen LogP contribution in [-0.2, 0) is 24.7 Å². The van der Waals surface area contributed by atoms with Gasteiger partial charge in [-0.25, -0.2) is 13.9 Å². The maximum Gasteiger partial charge on any atom is 0.189 e. The summed E-state index contributed by atoms with van der Waals surface area (Å²) in [4.78, 5) is 4.63. The fraction of sp³-hybridized carbons (Fsp3) is 0.414. The molecule has 0 saturated carbocycles. The van der Waals surface area contributed by atoms with Gasteiger partial charge in [0.1, 0.15) is 38.4 Å². The van der Waals surface area contributed by atoms with E-state index in [9.17, 15) is 9.32 Å². The smallest absolute Gasteiger partial charge is 0.189 e. The maximum absolute atomic E-state index is 12.0. The number of rotatable bonds is 15. The van der Waals surface area contributed by atoms with Crippen LogP contribution in [0.5, 0.6) is 0 Å². The molecule has 210 valence electrons. The van der Waals surface area contributed by atoms with Crippen molar-refractivity contribution in [3.63, 3.8) is 0 Å². The maximum atomic E-state index is 12.0. The van der Waals surface area contributed by atoms with Gasteiger partial charge in [0.05, 0.1) is 23.6 Å². The molecular weight excluding hydrogens is 516 g/mol. The van der Waals surface area contributed by atoms with Crippen LogP contribution in [0.3, 0.4) is 0 Å². The summed E-state index contributed by atoms with van der Waals surface area (Å²) in [5.41, 5.74) is 1.52. The zero-order chi connectivity index (χ0) is 28.5. The minimum Gasteiger partial charge on any atom is -0.496 e. The number of aliphatic hydroxyl groups is 1. The van der Waals surface area contributed by atoms with E-state index in [0.29, 0.717) is 17.7 Å². The predicted octanol–water partition coefficient (Wildman–Crippen LogP) is 4.69. The number of aliphatic hydroxyl groups excluding tert-OH is 1. The van der Waals surface area contributed by atoms with Crippen LogP contribution in [0.2, 0.25) is 0 Å². The van der Waals surface area contributed by atoms with Crippen molar-refractivity contribution in [2.75, 3.05) is 19.8 Å². The van der Waals surface area contributed by atoms with Crippen LogP contribution in [0.1, 0.15) is 45.2 Å². The number of hydrogen-bond donors (Lipinski definition) is 2. The molecule has 2 rings (SSSR count). The normalized spacial score (nSPS) is 14.5. The zero-order valence-electron chi connectivity index (χ0n) is 22.9. The van der Waals surface area contributed by atoms with Gasteiger partial charge in [-0.3, -0.25) is 4.18 Å². The highest BCUT2D eigenvalue weighted by molar-refractivity contribution is 7.80. The quantitative estimate of drug-likeness (QED) is 0.108. The molecule has 39 heavy (non-hydrogen) atoms. The number of hydrogen-bond acceptors (Lipinski definition) is 8. The summed E-state index contributed by atoms with van der Waals surface area (Å²) in [5, 5.41) is 22.3. The van der Waals surface area contributed by atoms with E-state index in [2.05, 4.69) is 21.9 Å². The molecule has 0 radical (unpaired) electrons. The third-order valence-electron chi connectivity index (χ3n) is 5.47. The van der Waals surface area contributed by atoms with Gasteiger partial charge in [0.2, 0.25) is 0 Å². The third-order valence-corrected chi connectivity index (χ3v) is 6.51. The van der Waals surface area contributed by atoms with Crippen molar-refractivity contribution in [1.82, 2.24) is 14.8 Å². The molecule has 0 aliphatic rings. The van der Waals surface area contributed by atoms with E-state index in [1.165, 1.54) is 25.1 Å². The highest BCUT2D eigenvalue weighted by Gasteiger charge is 2.31. The molecule has 1 aromatic heterocycles. The molecule has 2 N–H and O–H groups in total. The van der Waals surface area contributed by atoms with Gasteiger partial charge in [-0.15, -0.1) is 0 Å². The molecule has 1 heterocycles.